The first-order valence-electron chi connectivity index (χ1n) is 6.48. The van der Waals surface area contributed by atoms with Gasteiger partial charge < -0.3 is 4.90 Å². The molecule has 5 nitrogen and oxygen atoms in total. The summed E-state index contributed by atoms with van der Waals surface area (Å²) in [5.41, 5.74) is 1.95. The van der Waals surface area contributed by atoms with Gasteiger partial charge in [-0.1, -0.05) is 30.3 Å². The largest absolute Gasteiger partial charge is 0.324 e. The van der Waals surface area contributed by atoms with E-state index in [-0.39, 0.29) is 6.03 Å². The molecule has 1 N–H and O–H groups in total. The van der Waals surface area contributed by atoms with Crippen LogP contribution in [-0.4, -0.2) is 47.6 Å². The molecular weight excluding hydrogens is 272 g/mol. The highest BCUT2D eigenvalue weighted by Crippen LogP contribution is 2.24. The number of rotatable bonds is 2. The number of carbonyl (C=O) groups excluding carboxylic acids is 1. The number of anilines is 1. The first-order chi connectivity index (χ1) is 9.72. The molecule has 0 unspecified atom stereocenters. The molecule has 0 radical (unpaired) electrons. The summed E-state index contributed by atoms with van der Waals surface area (Å²) in [6.45, 7) is 2.35. The predicted octanol–water partition coefficient (Wildman–Crippen LogP) is 2.55. The number of urea groups is 1. The Kier molecular flexibility index (Phi) is 3.66. The van der Waals surface area contributed by atoms with Crippen molar-refractivity contribution in [2.75, 3.05) is 32.1 Å². The minimum absolute atomic E-state index is 0.0803. The first kappa shape index (κ1) is 13.1. The number of likely N-dealkylation sites (N-methyl/N-ethyl adjacent to an activating group) is 1. The van der Waals surface area contributed by atoms with Gasteiger partial charge in [0.05, 0.1) is 12.4 Å². The minimum Gasteiger partial charge on any atom is -0.310 e. The van der Waals surface area contributed by atoms with Gasteiger partial charge in [-0.3, -0.25) is 10.2 Å². The Morgan fingerprint density at radius 1 is 1.30 bits per heavy atom. The second-order valence-corrected chi connectivity index (χ2v) is 5.68. The van der Waals surface area contributed by atoms with Crippen molar-refractivity contribution in [3.8, 4) is 11.3 Å². The number of hydrogen-bond acceptors (Lipinski definition) is 4. The van der Waals surface area contributed by atoms with Crippen molar-refractivity contribution in [3.63, 3.8) is 0 Å². The van der Waals surface area contributed by atoms with Crippen LogP contribution in [0.15, 0.2) is 35.7 Å². The van der Waals surface area contributed by atoms with E-state index in [9.17, 15) is 4.79 Å². The number of thiazole rings is 1. The lowest BCUT2D eigenvalue weighted by molar-refractivity contribution is 0.214. The lowest BCUT2D eigenvalue weighted by atomic mass is 10.2. The van der Waals surface area contributed by atoms with Gasteiger partial charge in [0.2, 0.25) is 0 Å². The van der Waals surface area contributed by atoms with Crippen LogP contribution in [0.5, 0.6) is 0 Å². The van der Waals surface area contributed by atoms with E-state index in [1.807, 2.05) is 42.8 Å². The molecule has 1 aliphatic rings. The average molecular weight is 288 g/mol. The molecular formula is C14H16N4OS. The van der Waals surface area contributed by atoms with Crippen molar-refractivity contribution in [1.29, 1.82) is 0 Å². The van der Waals surface area contributed by atoms with Gasteiger partial charge in [-0.05, 0) is 7.05 Å². The molecule has 1 fully saturated rings. The topological polar surface area (TPSA) is 48.5 Å². The number of carbonyl (C=O) groups is 1. The maximum atomic E-state index is 12.1. The summed E-state index contributed by atoms with van der Waals surface area (Å²) in [5, 5.41) is 5.46. The predicted molar refractivity (Wildman–Crippen MR) is 80.8 cm³/mol. The monoisotopic (exact) mass is 288 g/mol. The van der Waals surface area contributed by atoms with Gasteiger partial charge >= 0.3 is 6.03 Å². The van der Waals surface area contributed by atoms with Crippen LogP contribution >= 0.6 is 11.3 Å². The smallest absolute Gasteiger partial charge is 0.310 e. The van der Waals surface area contributed by atoms with Gasteiger partial charge in [-0.2, -0.15) is 0 Å². The number of amides is 2. The third kappa shape index (κ3) is 2.81. The molecule has 0 atom stereocenters. The van der Waals surface area contributed by atoms with Gasteiger partial charge in [0, 0.05) is 24.0 Å². The molecule has 1 saturated heterocycles. The summed E-state index contributed by atoms with van der Waals surface area (Å²) in [5.74, 6) is 0. The molecule has 20 heavy (non-hydrogen) atoms. The van der Waals surface area contributed by atoms with Gasteiger partial charge in [0.25, 0.3) is 0 Å². The zero-order valence-electron chi connectivity index (χ0n) is 11.2. The molecule has 0 saturated carbocycles. The summed E-state index contributed by atoms with van der Waals surface area (Å²) >= 11 is 1.45. The highest BCUT2D eigenvalue weighted by atomic mass is 32.1. The van der Waals surface area contributed by atoms with Crippen LogP contribution in [-0.2, 0) is 0 Å². The number of nitrogens with zero attached hydrogens (tertiary/aromatic N) is 3. The van der Waals surface area contributed by atoms with Crippen LogP contribution in [0.2, 0.25) is 0 Å². The van der Waals surface area contributed by atoms with E-state index >= 15 is 0 Å². The van der Waals surface area contributed by atoms with Crippen molar-refractivity contribution in [3.05, 3.63) is 35.7 Å². The zero-order chi connectivity index (χ0) is 13.9. The maximum absolute atomic E-state index is 12.1. The van der Waals surface area contributed by atoms with Crippen LogP contribution in [0.4, 0.5) is 9.93 Å². The van der Waals surface area contributed by atoms with Crippen LogP contribution in [0.3, 0.4) is 0 Å². The third-order valence-corrected chi connectivity index (χ3v) is 4.00. The molecule has 104 valence electrons. The lowest BCUT2D eigenvalue weighted by Gasteiger charge is -2.15. The zero-order valence-corrected chi connectivity index (χ0v) is 12.1. The van der Waals surface area contributed by atoms with Crippen molar-refractivity contribution < 1.29 is 4.79 Å². The van der Waals surface area contributed by atoms with Gasteiger partial charge in [-0.15, -0.1) is 11.3 Å². The summed E-state index contributed by atoms with van der Waals surface area (Å²) in [6.07, 6.45) is 0. The molecule has 2 heterocycles. The minimum atomic E-state index is -0.0803. The number of nitrogens with one attached hydrogen (secondary N) is 1. The van der Waals surface area contributed by atoms with Crippen LogP contribution in [0.1, 0.15) is 0 Å². The fourth-order valence-electron chi connectivity index (χ4n) is 2.13. The maximum Gasteiger partial charge on any atom is 0.324 e. The molecule has 1 aromatic heterocycles. The molecule has 0 bridgehead atoms. The Balaban J connectivity index is 1.67. The van der Waals surface area contributed by atoms with Crippen molar-refractivity contribution in [1.82, 2.24) is 14.8 Å². The fraction of sp³-hybridized carbons (Fsp3) is 0.286. The molecule has 2 aromatic rings. The first-order valence-corrected chi connectivity index (χ1v) is 7.36. The summed E-state index contributed by atoms with van der Waals surface area (Å²) in [6, 6.07) is 9.87. The molecule has 0 spiro atoms. The lowest BCUT2D eigenvalue weighted by Crippen LogP contribution is -2.33. The van der Waals surface area contributed by atoms with Gasteiger partial charge in [-0.25, -0.2) is 9.78 Å². The summed E-state index contributed by atoms with van der Waals surface area (Å²) in [4.78, 5) is 20.4. The quantitative estimate of drug-likeness (QED) is 0.924. The van der Waals surface area contributed by atoms with Crippen molar-refractivity contribution in [2.24, 2.45) is 0 Å². The normalized spacial score (nSPS) is 15.6. The Morgan fingerprint density at radius 2 is 2.10 bits per heavy atom. The van der Waals surface area contributed by atoms with E-state index in [0.29, 0.717) is 11.8 Å². The van der Waals surface area contributed by atoms with E-state index < -0.39 is 0 Å². The summed E-state index contributed by atoms with van der Waals surface area (Å²) < 4.78 is 0. The van der Waals surface area contributed by atoms with E-state index in [4.69, 9.17) is 0 Å². The molecule has 2 amide bonds. The van der Waals surface area contributed by atoms with Gasteiger partial charge in [0.15, 0.2) is 5.13 Å². The van der Waals surface area contributed by atoms with E-state index in [0.717, 1.165) is 24.3 Å². The molecule has 3 rings (SSSR count). The van der Waals surface area contributed by atoms with Crippen LogP contribution < -0.4 is 5.32 Å². The molecule has 6 heteroatoms. The van der Waals surface area contributed by atoms with Crippen LogP contribution in [0.25, 0.3) is 11.3 Å². The van der Waals surface area contributed by atoms with E-state index in [2.05, 4.69) is 15.2 Å². The Bertz CT molecular complexity index is 598. The van der Waals surface area contributed by atoms with E-state index in [1.165, 1.54) is 11.3 Å². The Labute approximate surface area is 121 Å². The third-order valence-electron chi connectivity index (χ3n) is 3.24. The summed E-state index contributed by atoms with van der Waals surface area (Å²) in [7, 11) is 2.00. The van der Waals surface area contributed by atoms with E-state index in [1.54, 1.807) is 4.90 Å². The van der Waals surface area contributed by atoms with Crippen molar-refractivity contribution >= 4 is 22.5 Å². The Hall–Kier alpha value is -1.92. The van der Waals surface area contributed by atoms with Crippen LogP contribution in [0, 0.1) is 0 Å². The molecule has 0 aliphatic carbocycles. The molecule has 1 aliphatic heterocycles. The second kappa shape index (κ2) is 5.60. The number of hydrogen-bond donors (Lipinski definition) is 1. The van der Waals surface area contributed by atoms with Crippen molar-refractivity contribution in [2.45, 2.75) is 0 Å². The number of benzene rings is 1. The second-order valence-electron chi connectivity index (χ2n) is 4.82. The number of aromatic nitrogens is 1. The average Bonchev–Trinajstić information content (AvgIpc) is 3.09. The van der Waals surface area contributed by atoms with Gasteiger partial charge in [0.1, 0.15) is 0 Å². The fourth-order valence-corrected chi connectivity index (χ4v) is 2.84. The molecule has 1 aromatic carbocycles. The standard InChI is InChI=1S/C14H16N4OS/c1-17-7-8-18(10-17)14(19)16-13-15-12(9-20-13)11-5-3-2-4-6-11/h2-6,9H,7-8,10H2,1H3,(H,15,16,19). The highest BCUT2D eigenvalue weighted by molar-refractivity contribution is 7.14. The highest BCUT2D eigenvalue weighted by Gasteiger charge is 2.22. The SMILES string of the molecule is CN1CCN(C(=O)Nc2nc(-c3ccccc3)cs2)C1. The Morgan fingerprint density at radius 3 is 2.80 bits per heavy atom.